The van der Waals surface area contributed by atoms with E-state index in [1.54, 1.807) is 0 Å². The molecule has 0 bridgehead atoms. The molecule has 0 aliphatic carbocycles. The van der Waals surface area contributed by atoms with Crippen LogP contribution >= 0.6 is 22.9 Å². The van der Waals surface area contributed by atoms with Crippen LogP contribution in [-0.2, 0) is 0 Å². The van der Waals surface area contributed by atoms with Gasteiger partial charge < -0.3 is 0 Å². The molecule has 2 nitrogen and oxygen atoms in total. The molecule has 78 valence electrons. The van der Waals surface area contributed by atoms with Gasteiger partial charge in [-0.15, -0.1) is 0 Å². The van der Waals surface area contributed by atoms with Gasteiger partial charge in [-0.25, -0.2) is 4.98 Å². The van der Waals surface area contributed by atoms with Crippen molar-refractivity contribution in [3.05, 3.63) is 42.2 Å². The van der Waals surface area contributed by atoms with E-state index in [0.717, 1.165) is 11.5 Å². The highest BCUT2D eigenvalue weighted by Gasteiger charge is 2.10. The molecule has 0 atom stereocenters. The molecule has 0 saturated carbocycles. The standard InChI is InChI=1S/C12H13IN2/c1-9(2)11-8-15(13)12(14-11)10-6-4-3-5-7-10/h3-9H,1-2H3. The number of nitrogens with zero attached hydrogens (tertiary/aromatic N) is 2. The number of aromatic nitrogens is 2. The molecule has 0 fully saturated rings. The van der Waals surface area contributed by atoms with Gasteiger partial charge in [0.25, 0.3) is 0 Å². The summed E-state index contributed by atoms with van der Waals surface area (Å²) >= 11 is 2.27. The van der Waals surface area contributed by atoms with Crippen LogP contribution in [0.2, 0.25) is 0 Å². The van der Waals surface area contributed by atoms with Crippen molar-refractivity contribution in [3.8, 4) is 11.4 Å². The second kappa shape index (κ2) is 4.35. The summed E-state index contributed by atoms with van der Waals surface area (Å²) in [4.78, 5) is 4.64. The van der Waals surface area contributed by atoms with E-state index in [1.807, 2.05) is 18.2 Å². The normalized spacial score (nSPS) is 10.9. The summed E-state index contributed by atoms with van der Waals surface area (Å²) in [5, 5.41) is 0. The Morgan fingerprint density at radius 1 is 1.20 bits per heavy atom. The lowest BCUT2D eigenvalue weighted by Gasteiger charge is -1.98. The van der Waals surface area contributed by atoms with Crippen LogP contribution in [0.5, 0.6) is 0 Å². The quantitative estimate of drug-likeness (QED) is 0.770. The van der Waals surface area contributed by atoms with E-state index in [-0.39, 0.29) is 0 Å². The lowest BCUT2D eigenvalue weighted by molar-refractivity contribution is 0.833. The SMILES string of the molecule is CC(C)c1cn(I)c(-c2ccccc2)n1. The van der Waals surface area contributed by atoms with Gasteiger partial charge >= 0.3 is 0 Å². The zero-order valence-corrected chi connectivity index (χ0v) is 11.0. The van der Waals surface area contributed by atoms with Gasteiger partial charge in [-0.3, -0.25) is 2.78 Å². The first-order valence-electron chi connectivity index (χ1n) is 4.99. The minimum Gasteiger partial charge on any atom is -0.272 e. The molecule has 2 aromatic rings. The summed E-state index contributed by atoms with van der Waals surface area (Å²) in [6.45, 7) is 4.32. The number of hydrogen-bond acceptors (Lipinski definition) is 1. The fraction of sp³-hybridized carbons (Fsp3) is 0.250. The number of halogens is 1. The van der Waals surface area contributed by atoms with Crippen LogP contribution in [0.1, 0.15) is 25.5 Å². The molecule has 1 aromatic carbocycles. The molecule has 0 amide bonds. The number of rotatable bonds is 2. The fourth-order valence-electron chi connectivity index (χ4n) is 1.43. The molecule has 0 aliphatic heterocycles. The lowest BCUT2D eigenvalue weighted by atomic mass is 10.1. The molecular weight excluding hydrogens is 299 g/mol. The summed E-state index contributed by atoms with van der Waals surface area (Å²) < 4.78 is 2.06. The number of benzene rings is 1. The highest BCUT2D eigenvalue weighted by Crippen LogP contribution is 2.23. The Bertz CT molecular complexity index is 446. The molecular formula is C12H13IN2. The first kappa shape index (κ1) is 10.7. The molecule has 0 saturated heterocycles. The second-order valence-electron chi connectivity index (χ2n) is 3.82. The molecule has 0 spiro atoms. The van der Waals surface area contributed by atoms with E-state index in [2.05, 4.69) is 62.8 Å². The Hall–Kier alpha value is -0.840. The summed E-state index contributed by atoms with van der Waals surface area (Å²) in [5.74, 6) is 1.50. The largest absolute Gasteiger partial charge is 0.272 e. The summed E-state index contributed by atoms with van der Waals surface area (Å²) in [5.41, 5.74) is 2.31. The monoisotopic (exact) mass is 312 g/mol. The zero-order chi connectivity index (χ0) is 10.8. The van der Waals surface area contributed by atoms with Gasteiger partial charge in [-0.05, 0) is 5.92 Å². The summed E-state index contributed by atoms with van der Waals surface area (Å²) in [7, 11) is 0. The Balaban J connectivity index is 2.45. The Morgan fingerprint density at radius 2 is 1.87 bits per heavy atom. The van der Waals surface area contributed by atoms with Crippen molar-refractivity contribution in [2.24, 2.45) is 0 Å². The zero-order valence-electron chi connectivity index (χ0n) is 8.81. The minimum absolute atomic E-state index is 0.475. The minimum atomic E-state index is 0.475. The smallest absolute Gasteiger partial charge is 0.149 e. The molecule has 3 heteroatoms. The number of imidazole rings is 1. The fourth-order valence-corrected chi connectivity index (χ4v) is 2.10. The van der Waals surface area contributed by atoms with Crippen molar-refractivity contribution in [2.75, 3.05) is 0 Å². The highest BCUT2D eigenvalue weighted by molar-refractivity contribution is 14.1. The van der Waals surface area contributed by atoms with E-state index in [9.17, 15) is 0 Å². The first-order chi connectivity index (χ1) is 7.18. The topological polar surface area (TPSA) is 17.8 Å². The molecule has 0 unspecified atom stereocenters. The first-order valence-corrected chi connectivity index (χ1v) is 5.96. The van der Waals surface area contributed by atoms with Crippen LogP contribution in [0, 0.1) is 0 Å². The van der Waals surface area contributed by atoms with Gasteiger partial charge in [0.2, 0.25) is 0 Å². The van der Waals surface area contributed by atoms with Crippen molar-refractivity contribution < 1.29 is 0 Å². The van der Waals surface area contributed by atoms with Crippen molar-refractivity contribution >= 4 is 22.9 Å². The maximum atomic E-state index is 4.64. The van der Waals surface area contributed by atoms with Crippen molar-refractivity contribution in [3.63, 3.8) is 0 Å². The van der Waals surface area contributed by atoms with Crippen LogP contribution in [0.25, 0.3) is 11.4 Å². The van der Waals surface area contributed by atoms with E-state index < -0.39 is 0 Å². The Kier molecular flexibility index (Phi) is 3.09. The molecule has 1 heterocycles. The van der Waals surface area contributed by atoms with Crippen LogP contribution in [0.15, 0.2) is 36.5 Å². The van der Waals surface area contributed by atoms with Crippen LogP contribution < -0.4 is 0 Å². The van der Waals surface area contributed by atoms with E-state index in [4.69, 9.17) is 0 Å². The van der Waals surface area contributed by atoms with Crippen molar-refractivity contribution in [1.29, 1.82) is 0 Å². The average molecular weight is 312 g/mol. The summed E-state index contributed by atoms with van der Waals surface area (Å²) in [6, 6.07) is 10.3. The second-order valence-corrected chi connectivity index (χ2v) is 4.86. The molecule has 0 aliphatic rings. The van der Waals surface area contributed by atoms with Gasteiger partial charge in [0.05, 0.1) is 28.6 Å². The molecule has 1 aromatic heterocycles. The van der Waals surface area contributed by atoms with Crippen LogP contribution in [-0.4, -0.2) is 7.76 Å². The van der Waals surface area contributed by atoms with Gasteiger partial charge in [0.15, 0.2) is 0 Å². The van der Waals surface area contributed by atoms with Gasteiger partial charge in [-0.1, -0.05) is 44.2 Å². The third kappa shape index (κ3) is 2.22. The third-order valence-electron chi connectivity index (χ3n) is 2.31. The lowest BCUT2D eigenvalue weighted by Crippen LogP contribution is -1.86. The molecule has 2 rings (SSSR count). The molecule has 0 radical (unpaired) electrons. The van der Waals surface area contributed by atoms with E-state index in [1.165, 1.54) is 5.56 Å². The molecule has 15 heavy (non-hydrogen) atoms. The predicted molar refractivity (Wildman–Crippen MR) is 71.2 cm³/mol. The van der Waals surface area contributed by atoms with E-state index in [0.29, 0.717) is 5.92 Å². The number of hydrogen-bond donors (Lipinski definition) is 0. The summed E-state index contributed by atoms with van der Waals surface area (Å²) in [6.07, 6.45) is 2.09. The Labute approximate surface area is 104 Å². The third-order valence-corrected chi connectivity index (χ3v) is 3.04. The maximum absolute atomic E-state index is 4.64. The average Bonchev–Trinajstić information content (AvgIpc) is 2.62. The Morgan fingerprint density at radius 3 is 2.40 bits per heavy atom. The van der Waals surface area contributed by atoms with Crippen molar-refractivity contribution in [2.45, 2.75) is 19.8 Å². The highest BCUT2D eigenvalue weighted by atomic mass is 127. The van der Waals surface area contributed by atoms with Gasteiger partial charge in [0.1, 0.15) is 5.82 Å². The van der Waals surface area contributed by atoms with Gasteiger partial charge in [0, 0.05) is 11.8 Å². The van der Waals surface area contributed by atoms with E-state index >= 15 is 0 Å². The van der Waals surface area contributed by atoms with Gasteiger partial charge in [-0.2, -0.15) is 0 Å². The van der Waals surface area contributed by atoms with Crippen LogP contribution in [0.4, 0.5) is 0 Å². The maximum Gasteiger partial charge on any atom is 0.149 e. The van der Waals surface area contributed by atoms with Crippen molar-refractivity contribution in [1.82, 2.24) is 7.76 Å². The van der Waals surface area contributed by atoms with Crippen LogP contribution in [0.3, 0.4) is 0 Å². The molecule has 0 N–H and O–H groups in total. The predicted octanol–water partition coefficient (Wildman–Crippen LogP) is 3.87.